The highest BCUT2D eigenvalue weighted by Gasteiger charge is 2.18. The molecule has 0 saturated heterocycles. The molecule has 0 aliphatic carbocycles. The van der Waals surface area contributed by atoms with Crippen LogP contribution in [0.1, 0.15) is 28.0 Å². The first-order valence-electron chi connectivity index (χ1n) is 9.92. The topological polar surface area (TPSA) is 43.7 Å². The normalized spacial score (nSPS) is 10.8. The SMILES string of the molecule is COCCCN(Cc1cccn1Cc1ccccc1Cl)C(=O)c1cccc(OC)c1. The van der Waals surface area contributed by atoms with E-state index in [2.05, 4.69) is 4.57 Å². The molecule has 1 amide bonds. The fraction of sp³-hybridized carbons (Fsp3) is 0.292. The maximum absolute atomic E-state index is 13.3. The third-order valence-corrected chi connectivity index (χ3v) is 5.32. The Labute approximate surface area is 182 Å². The smallest absolute Gasteiger partial charge is 0.254 e. The number of benzene rings is 2. The van der Waals surface area contributed by atoms with Crippen LogP contribution >= 0.6 is 11.6 Å². The summed E-state index contributed by atoms with van der Waals surface area (Å²) in [7, 11) is 3.27. The van der Waals surface area contributed by atoms with Gasteiger partial charge < -0.3 is 18.9 Å². The Hall–Kier alpha value is -2.76. The van der Waals surface area contributed by atoms with Gasteiger partial charge >= 0.3 is 0 Å². The zero-order valence-corrected chi connectivity index (χ0v) is 18.1. The van der Waals surface area contributed by atoms with Crippen LogP contribution in [0.4, 0.5) is 0 Å². The minimum atomic E-state index is -0.0319. The lowest BCUT2D eigenvalue weighted by Gasteiger charge is -2.24. The maximum Gasteiger partial charge on any atom is 0.254 e. The lowest BCUT2D eigenvalue weighted by Crippen LogP contribution is -2.33. The van der Waals surface area contributed by atoms with Crippen molar-refractivity contribution < 1.29 is 14.3 Å². The van der Waals surface area contributed by atoms with Gasteiger partial charge in [0.05, 0.1) is 13.7 Å². The molecule has 30 heavy (non-hydrogen) atoms. The van der Waals surface area contributed by atoms with Gasteiger partial charge in [-0.2, -0.15) is 0 Å². The molecule has 0 bridgehead atoms. The molecule has 1 heterocycles. The van der Waals surface area contributed by atoms with E-state index in [1.165, 1.54) is 0 Å². The van der Waals surface area contributed by atoms with Crippen molar-refractivity contribution in [2.24, 2.45) is 0 Å². The van der Waals surface area contributed by atoms with Crippen molar-refractivity contribution in [3.63, 3.8) is 0 Å². The van der Waals surface area contributed by atoms with E-state index in [4.69, 9.17) is 21.1 Å². The zero-order chi connectivity index (χ0) is 21.3. The van der Waals surface area contributed by atoms with Crippen molar-refractivity contribution in [2.75, 3.05) is 27.4 Å². The van der Waals surface area contributed by atoms with Gasteiger partial charge in [0.2, 0.25) is 0 Å². The second-order valence-corrected chi connectivity index (χ2v) is 7.43. The van der Waals surface area contributed by atoms with Crippen LogP contribution in [0.15, 0.2) is 66.9 Å². The number of aromatic nitrogens is 1. The molecule has 158 valence electrons. The summed E-state index contributed by atoms with van der Waals surface area (Å²) >= 11 is 6.34. The largest absolute Gasteiger partial charge is 0.497 e. The van der Waals surface area contributed by atoms with Crippen LogP contribution in [0.5, 0.6) is 5.75 Å². The number of ether oxygens (including phenoxy) is 2. The molecule has 0 atom stereocenters. The molecular formula is C24H27ClN2O3. The number of rotatable bonds is 10. The lowest BCUT2D eigenvalue weighted by molar-refractivity contribution is 0.0719. The van der Waals surface area contributed by atoms with Gasteiger partial charge in [0.1, 0.15) is 5.75 Å². The van der Waals surface area contributed by atoms with E-state index in [-0.39, 0.29) is 5.91 Å². The summed E-state index contributed by atoms with van der Waals surface area (Å²) < 4.78 is 12.6. The van der Waals surface area contributed by atoms with E-state index in [1.54, 1.807) is 20.3 Å². The quantitative estimate of drug-likeness (QED) is 0.434. The van der Waals surface area contributed by atoms with E-state index in [9.17, 15) is 4.79 Å². The van der Waals surface area contributed by atoms with Crippen molar-refractivity contribution in [2.45, 2.75) is 19.5 Å². The summed E-state index contributed by atoms with van der Waals surface area (Å²) in [5.41, 5.74) is 2.70. The Balaban J connectivity index is 1.81. The third kappa shape index (κ3) is 5.65. The standard InChI is InChI=1S/C24H27ClN2O3/c1-29-15-7-14-27(24(28)19-9-5-11-22(16-19)30-2)18-21-10-6-13-26(21)17-20-8-3-4-12-23(20)25/h3-6,8-13,16H,7,14-15,17-18H2,1-2H3. The summed E-state index contributed by atoms with van der Waals surface area (Å²) in [6.07, 6.45) is 2.78. The van der Waals surface area contributed by atoms with Gasteiger partial charge in [-0.15, -0.1) is 0 Å². The molecular weight excluding hydrogens is 400 g/mol. The first-order valence-corrected chi connectivity index (χ1v) is 10.3. The van der Waals surface area contributed by atoms with E-state index < -0.39 is 0 Å². The fourth-order valence-corrected chi connectivity index (χ4v) is 3.54. The predicted molar refractivity (Wildman–Crippen MR) is 119 cm³/mol. The van der Waals surface area contributed by atoms with Gasteiger partial charge in [0.25, 0.3) is 5.91 Å². The van der Waals surface area contributed by atoms with Gasteiger partial charge in [0, 0.05) is 49.3 Å². The Morgan fingerprint density at radius 1 is 1.07 bits per heavy atom. The zero-order valence-electron chi connectivity index (χ0n) is 17.4. The third-order valence-electron chi connectivity index (χ3n) is 4.96. The molecule has 0 aliphatic rings. The molecule has 0 unspecified atom stereocenters. The molecule has 2 aromatic carbocycles. The summed E-state index contributed by atoms with van der Waals surface area (Å²) in [6.45, 7) is 2.35. The molecule has 6 heteroatoms. The first-order chi connectivity index (χ1) is 14.6. The number of hydrogen-bond acceptors (Lipinski definition) is 3. The molecule has 1 aromatic heterocycles. The molecule has 3 rings (SSSR count). The molecule has 0 spiro atoms. The number of hydrogen-bond donors (Lipinski definition) is 0. The van der Waals surface area contributed by atoms with Crippen LogP contribution in [0, 0.1) is 0 Å². The Morgan fingerprint density at radius 2 is 1.90 bits per heavy atom. The summed E-state index contributed by atoms with van der Waals surface area (Å²) in [6, 6.07) is 19.1. The Kier molecular flexibility index (Phi) is 7.94. The summed E-state index contributed by atoms with van der Waals surface area (Å²) in [5.74, 6) is 0.635. The van der Waals surface area contributed by atoms with Gasteiger partial charge in [0.15, 0.2) is 0 Å². The Bertz CT molecular complexity index is 970. The summed E-state index contributed by atoms with van der Waals surface area (Å²) in [5, 5.41) is 0.738. The average molecular weight is 427 g/mol. The number of carbonyl (C=O) groups is 1. The van der Waals surface area contributed by atoms with Crippen LogP contribution in [-0.4, -0.2) is 42.7 Å². The van der Waals surface area contributed by atoms with E-state index >= 15 is 0 Å². The Morgan fingerprint density at radius 3 is 2.67 bits per heavy atom. The van der Waals surface area contributed by atoms with E-state index in [0.717, 1.165) is 22.7 Å². The number of halogens is 1. The predicted octanol–water partition coefficient (Wildman–Crippen LogP) is 4.88. The minimum absolute atomic E-state index is 0.0319. The van der Waals surface area contributed by atoms with Crippen molar-refractivity contribution in [1.29, 1.82) is 0 Å². The average Bonchev–Trinajstić information content (AvgIpc) is 3.21. The molecule has 0 fully saturated rings. The van der Waals surface area contributed by atoms with E-state index in [0.29, 0.717) is 37.6 Å². The lowest BCUT2D eigenvalue weighted by atomic mass is 10.1. The fourth-order valence-electron chi connectivity index (χ4n) is 3.34. The van der Waals surface area contributed by atoms with Crippen LogP contribution in [-0.2, 0) is 17.8 Å². The van der Waals surface area contributed by atoms with Crippen LogP contribution in [0.25, 0.3) is 0 Å². The molecule has 5 nitrogen and oxygen atoms in total. The number of nitrogens with zero attached hydrogens (tertiary/aromatic N) is 2. The second kappa shape index (κ2) is 10.9. The molecule has 0 radical (unpaired) electrons. The van der Waals surface area contributed by atoms with Crippen molar-refractivity contribution >= 4 is 17.5 Å². The van der Waals surface area contributed by atoms with Gasteiger partial charge in [-0.25, -0.2) is 0 Å². The van der Waals surface area contributed by atoms with Crippen molar-refractivity contribution in [3.8, 4) is 5.75 Å². The van der Waals surface area contributed by atoms with Crippen LogP contribution < -0.4 is 4.74 Å². The molecule has 0 saturated carbocycles. The molecule has 0 N–H and O–H groups in total. The highest BCUT2D eigenvalue weighted by atomic mass is 35.5. The second-order valence-electron chi connectivity index (χ2n) is 7.02. The van der Waals surface area contributed by atoms with Gasteiger partial charge in [-0.05, 0) is 48.4 Å². The molecule has 3 aromatic rings. The maximum atomic E-state index is 13.3. The number of amides is 1. The number of carbonyl (C=O) groups excluding carboxylic acids is 1. The first kappa shape index (κ1) is 21.9. The molecule has 0 aliphatic heterocycles. The number of methoxy groups -OCH3 is 2. The monoisotopic (exact) mass is 426 g/mol. The van der Waals surface area contributed by atoms with Crippen molar-refractivity contribution in [3.05, 3.63) is 88.7 Å². The van der Waals surface area contributed by atoms with Crippen LogP contribution in [0.2, 0.25) is 5.02 Å². The minimum Gasteiger partial charge on any atom is -0.497 e. The van der Waals surface area contributed by atoms with Crippen LogP contribution in [0.3, 0.4) is 0 Å². The van der Waals surface area contributed by atoms with Gasteiger partial charge in [-0.3, -0.25) is 4.79 Å². The highest BCUT2D eigenvalue weighted by Crippen LogP contribution is 2.20. The van der Waals surface area contributed by atoms with E-state index in [1.807, 2.05) is 65.7 Å². The summed E-state index contributed by atoms with van der Waals surface area (Å²) in [4.78, 5) is 15.1. The van der Waals surface area contributed by atoms with Crippen molar-refractivity contribution in [1.82, 2.24) is 9.47 Å². The highest BCUT2D eigenvalue weighted by molar-refractivity contribution is 6.31. The van der Waals surface area contributed by atoms with Gasteiger partial charge in [-0.1, -0.05) is 35.9 Å².